The minimum Gasteiger partial charge on any atom is -0.368 e. The van der Waals surface area contributed by atoms with Crippen LogP contribution in [-0.2, 0) is 6.54 Å². The predicted octanol–water partition coefficient (Wildman–Crippen LogP) is 3.88. The molecule has 0 unspecified atom stereocenters. The number of anilines is 2. The first-order valence-electron chi connectivity index (χ1n) is 12.5. The molecule has 2 saturated heterocycles. The van der Waals surface area contributed by atoms with E-state index in [4.69, 9.17) is 0 Å². The second kappa shape index (κ2) is 10.8. The van der Waals surface area contributed by atoms with Gasteiger partial charge in [0.05, 0.1) is 4.92 Å². The summed E-state index contributed by atoms with van der Waals surface area (Å²) in [5.74, 6) is 0.0491. The van der Waals surface area contributed by atoms with Crippen molar-refractivity contribution in [3.05, 3.63) is 100 Å². The van der Waals surface area contributed by atoms with E-state index in [1.807, 2.05) is 53.4 Å². The van der Waals surface area contributed by atoms with Gasteiger partial charge in [0.2, 0.25) is 0 Å². The summed E-state index contributed by atoms with van der Waals surface area (Å²) in [7, 11) is 0. The van der Waals surface area contributed by atoms with Crippen molar-refractivity contribution in [2.75, 3.05) is 62.2 Å². The number of hydrogen-bond donors (Lipinski definition) is 0. The molecule has 2 heterocycles. The summed E-state index contributed by atoms with van der Waals surface area (Å²) in [6.07, 6.45) is 0. The van der Waals surface area contributed by atoms with Gasteiger partial charge in [0.15, 0.2) is 0 Å². The number of amides is 1. The van der Waals surface area contributed by atoms with E-state index in [0.717, 1.165) is 38.4 Å². The van der Waals surface area contributed by atoms with Crippen LogP contribution in [0.2, 0.25) is 0 Å². The summed E-state index contributed by atoms with van der Waals surface area (Å²) < 4.78 is 0. The zero-order valence-corrected chi connectivity index (χ0v) is 20.3. The van der Waals surface area contributed by atoms with E-state index >= 15 is 0 Å². The molecule has 0 spiro atoms. The number of carbonyl (C=O) groups excluding carboxylic acids is 1. The Morgan fingerprint density at radius 3 is 2.00 bits per heavy atom. The summed E-state index contributed by atoms with van der Waals surface area (Å²) in [6, 6.07) is 25.2. The van der Waals surface area contributed by atoms with Gasteiger partial charge in [0, 0.05) is 76.2 Å². The molecule has 2 aliphatic heterocycles. The van der Waals surface area contributed by atoms with Gasteiger partial charge in [-0.3, -0.25) is 19.8 Å². The second-order valence-electron chi connectivity index (χ2n) is 9.32. The number of carbonyl (C=O) groups is 1. The molecule has 2 aliphatic rings. The Balaban J connectivity index is 1.24. The van der Waals surface area contributed by atoms with Crippen LogP contribution >= 0.6 is 0 Å². The molecule has 3 aromatic carbocycles. The van der Waals surface area contributed by atoms with Crippen LogP contribution in [0.1, 0.15) is 15.9 Å². The first-order valence-corrected chi connectivity index (χ1v) is 12.5. The van der Waals surface area contributed by atoms with Crippen LogP contribution in [0, 0.1) is 10.1 Å². The first kappa shape index (κ1) is 23.8. The van der Waals surface area contributed by atoms with E-state index in [2.05, 4.69) is 39.0 Å². The van der Waals surface area contributed by atoms with Crippen LogP contribution in [0.25, 0.3) is 0 Å². The summed E-state index contributed by atoms with van der Waals surface area (Å²) in [5, 5.41) is 11.8. The molecule has 0 saturated carbocycles. The fraction of sp³-hybridized carbons (Fsp3) is 0.321. The number of nitrogens with zero attached hydrogens (tertiary/aromatic N) is 5. The average molecular weight is 486 g/mol. The van der Waals surface area contributed by atoms with Crippen molar-refractivity contribution < 1.29 is 9.72 Å². The monoisotopic (exact) mass is 485 g/mol. The van der Waals surface area contributed by atoms with E-state index in [0.29, 0.717) is 37.4 Å². The molecule has 0 aromatic heterocycles. The molecule has 2 fully saturated rings. The highest BCUT2D eigenvalue weighted by atomic mass is 16.6. The zero-order valence-electron chi connectivity index (χ0n) is 20.3. The molecule has 3 aromatic rings. The van der Waals surface area contributed by atoms with Crippen LogP contribution in [0.5, 0.6) is 0 Å². The van der Waals surface area contributed by atoms with Gasteiger partial charge in [-0.15, -0.1) is 0 Å². The molecule has 1 amide bonds. The van der Waals surface area contributed by atoms with Crippen LogP contribution in [-0.4, -0.2) is 73.0 Å². The Kier molecular flexibility index (Phi) is 7.13. The Bertz CT molecular complexity index is 1190. The van der Waals surface area contributed by atoms with Crippen LogP contribution in [0.15, 0.2) is 78.9 Å². The van der Waals surface area contributed by atoms with Gasteiger partial charge in [-0.25, -0.2) is 0 Å². The zero-order chi connectivity index (χ0) is 24.9. The van der Waals surface area contributed by atoms with Crippen molar-refractivity contribution in [3.8, 4) is 0 Å². The molecule has 0 N–H and O–H groups in total. The lowest BCUT2D eigenvalue weighted by molar-refractivity contribution is -0.384. The fourth-order valence-electron chi connectivity index (χ4n) is 5.04. The molecular formula is C28H31N5O3. The number of piperazine rings is 2. The number of benzene rings is 3. The number of rotatable bonds is 6. The molecule has 8 heteroatoms. The van der Waals surface area contributed by atoms with Gasteiger partial charge in [-0.05, 0) is 29.8 Å². The first-order chi connectivity index (χ1) is 17.6. The van der Waals surface area contributed by atoms with Gasteiger partial charge in [0.1, 0.15) is 5.69 Å². The van der Waals surface area contributed by atoms with Crippen LogP contribution < -0.4 is 9.80 Å². The topological polar surface area (TPSA) is 73.2 Å². The molecule has 0 radical (unpaired) electrons. The van der Waals surface area contributed by atoms with Crippen molar-refractivity contribution in [2.24, 2.45) is 0 Å². The highest BCUT2D eigenvalue weighted by Gasteiger charge is 2.27. The maximum atomic E-state index is 12.8. The maximum absolute atomic E-state index is 12.8. The summed E-state index contributed by atoms with van der Waals surface area (Å²) in [4.78, 5) is 32.9. The third-order valence-electron chi connectivity index (χ3n) is 7.07. The minimum atomic E-state index is -0.286. The molecule has 0 aliphatic carbocycles. The van der Waals surface area contributed by atoms with Crippen molar-refractivity contribution in [1.82, 2.24) is 9.80 Å². The summed E-state index contributed by atoms with van der Waals surface area (Å²) in [5.41, 5.74) is 3.78. The van der Waals surface area contributed by atoms with E-state index in [-0.39, 0.29) is 16.5 Å². The molecule has 36 heavy (non-hydrogen) atoms. The number of hydrogen-bond acceptors (Lipinski definition) is 6. The van der Waals surface area contributed by atoms with Gasteiger partial charge < -0.3 is 14.7 Å². The van der Waals surface area contributed by atoms with Crippen LogP contribution in [0.4, 0.5) is 17.1 Å². The van der Waals surface area contributed by atoms with Crippen molar-refractivity contribution >= 4 is 23.0 Å². The standard InChI is InChI=1S/C28H31N5O3/c34-28(24-9-5-2-6-10-24)32-19-17-30(18-20-32)25-11-12-26(33(35)36)27(21-25)31-15-13-29(14-16-31)22-23-7-3-1-4-8-23/h1-12,21H,13-20,22H2. The summed E-state index contributed by atoms with van der Waals surface area (Å²) >= 11 is 0. The molecule has 0 atom stereocenters. The fourth-order valence-corrected chi connectivity index (χ4v) is 5.04. The van der Waals surface area contributed by atoms with E-state index < -0.39 is 0 Å². The predicted molar refractivity (Wildman–Crippen MR) is 142 cm³/mol. The molecule has 5 rings (SSSR count). The highest BCUT2D eigenvalue weighted by Crippen LogP contribution is 2.34. The third kappa shape index (κ3) is 5.33. The molecular weight excluding hydrogens is 454 g/mol. The maximum Gasteiger partial charge on any atom is 0.292 e. The molecule has 8 nitrogen and oxygen atoms in total. The lowest BCUT2D eigenvalue weighted by Gasteiger charge is -2.38. The van der Waals surface area contributed by atoms with E-state index in [1.165, 1.54) is 5.56 Å². The lowest BCUT2D eigenvalue weighted by Crippen LogP contribution is -2.49. The second-order valence-corrected chi connectivity index (χ2v) is 9.32. The van der Waals surface area contributed by atoms with Crippen molar-refractivity contribution in [3.63, 3.8) is 0 Å². The van der Waals surface area contributed by atoms with Gasteiger partial charge in [-0.1, -0.05) is 48.5 Å². The third-order valence-corrected chi connectivity index (χ3v) is 7.07. The Hall–Kier alpha value is -3.91. The number of nitro benzene ring substituents is 1. The van der Waals surface area contributed by atoms with Gasteiger partial charge in [-0.2, -0.15) is 0 Å². The number of nitro groups is 1. The molecule has 0 bridgehead atoms. The van der Waals surface area contributed by atoms with Crippen LogP contribution in [0.3, 0.4) is 0 Å². The van der Waals surface area contributed by atoms with E-state index in [9.17, 15) is 14.9 Å². The average Bonchev–Trinajstić information content (AvgIpc) is 2.94. The van der Waals surface area contributed by atoms with Crippen molar-refractivity contribution in [2.45, 2.75) is 6.54 Å². The lowest BCUT2D eigenvalue weighted by atomic mass is 10.1. The Morgan fingerprint density at radius 1 is 0.750 bits per heavy atom. The SMILES string of the molecule is O=C(c1ccccc1)N1CCN(c2ccc([N+](=O)[O-])c(N3CCN(Cc4ccccc4)CC3)c2)CC1. The normalized spacial score (nSPS) is 16.7. The smallest absolute Gasteiger partial charge is 0.292 e. The minimum absolute atomic E-state index is 0.0491. The largest absolute Gasteiger partial charge is 0.368 e. The Morgan fingerprint density at radius 2 is 1.36 bits per heavy atom. The van der Waals surface area contributed by atoms with Gasteiger partial charge >= 0.3 is 0 Å². The van der Waals surface area contributed by atoms with Crippen molar-refractivity contribution in [1.29, 1.82) is 0 Å². The molecule has 186 valence electrons. The van der Waals surface area contributed by atoms with E-state index in [1.54, 1.807) is 6.07 Å². The summed E-state index contributed by atoms with van der Waals surface area (Å²) in [6.45, 7) is 6.74. The highest BCUT2D eigenvalue weighted by molar-refractivity contribution is 5.94. The quantitative estimate of drug-likeness (QED) is 0.390. The van der Waals surface area contributed by atoms with Gasteiger partial charge in [0.25, 0.3) is 11.6 Å². The Labute approximate surface area is 211 Å².